The van der Waals surface area contributed by atoms with Crippen LogP contribution in [0.2, 0.25) is 0 Å². The minimum atomic E-state index is -3.56. The predicted octanol–water partition coefficient (Wildman–Crippen LogP) is 14.3. The van der Waals surface area contributed by atoms with E-state index in [-0.39, 0.29) is 41.3 Å². The van der Waals surface area contributed by atoms with E-state index in [9.17, 15) is 4.11 Å². The maximum absolute atomic E-state index is 9.19. The van der Waals surface area contributed by atoms with Gasteiger partial charge in [-0.2, -0.15) is 0 Å². The fourth-order valence-corrected chi connectivity index (χ4v) is 15.6. The summed E-state index contributed by atoms with van der Waals surface area (Å²) in [5.41, 5.74) is 9.59. The molecule has 0 spiro atoms. The third-order valence-electron chi connectivity index (χ3n) is 13.7. The van der Waals surface area contributed by atoms with E-state index in [0.29, 0.717) is 11.1 Å². The highest BCUT2D eigenvalue weighted by Gasteiger charge is 2.42. The van der Waals surface area contributed by atoms with Gasteiger partial charge in [-0.25, -0.2) is 0 Å². The Hall–Kier alpha value is -8.76. The van der Waals surface area contributed by atoms with Crippen LogP contribution in [0.3, 0.4) is 0 Å². The van der Waals surface area contributed by atoms with E-state index in [0.717, 1.165) is 70.5 Å². The molecule has 0 unspecified atom stereocenters. The van der Waals surface area contributed by atoms with Gasteiger partial charge in [0, 0.05) is 27.2 Å². The summed E-state index contributed by atoms with van der Waals surface area (Å²) in [5.74, 6) is 0. The van der Waals surface area contributed by atoms with E-state index in [1.807, 2.05) is 54.6 Å². The highest BCUT2D eigenvalue weighted by atomic mass is 28.3. The van der Waals surface area contributed by atoms with E-state index in [2.05, 4.69) is 167 Å². The molecular weight excluding hydrogens is 849 g/mol. The second-order valence-corrected chi connectivity index (χ2v) is 21.2. The van der Waals surface area contributed by atoms with Crippen molar-refractivity contribution in [2.75, 3.05) is 0 Å². The second kappa shape index (κ2) is 16.8. The molecule has 0 N–H and O–H groups in total. The largest absolute Gasteiger partial charge is 0.309 e. The van der Waals surface area contributed by atoms with Crippen LogP contribution in [0.1, 0.15) is 12.3 Å². The maximum Gasteiger partial charge on any atom is 0.179 e. The zero-order valence-corrected chi connectivity index (χ0v) is 38.3. The van der Waals surface area contributed by atoms with Gasteiger partial charge in [0.25, 0.3) is 0 Å². The van der Waals surface area contributed by atoms with Gasteiger partial charge in [-0.05, 0) is 103 Å². The van der Waals surface area contributed by atoms with Gasteiger partial charge in [-0.1, -0.05) is 230 Å². The van der Waals surface area contributed by atoms with Crippen LogP contribution < -0.4 is 20.7 Å². The van der Waals surface area contributed by atoms with Crippen molar-refractivity contribution in [3.8, 4) is 44.8 Å². The Morgan fingerprint density at radius 1 is 0.304 bits per heavy atom. The molecule has 13 aromatic rings. The van der Waals surface area contributed by atoms with Gasteiger partial charge in [0.05, 0.1) is 40.1 Å². The number of nitrogens with zero attached hydrogens (tertiary/aromatic N) is 2. The zero-order chi connectivity index (χ0) is 53.6. The Balaban J connectivity index is 1.07. The first-order chi connectivity index (χ1) is 38.0. The number of hydrogen-bond acceptors (Lipinski definition) is 0. The molecule has 2 nitrogen and oxygen atoms in total. The monoisotopic (exact) mass is 903 g/mol. The van der Waals surface area contributed by atoms with Crippen LogP contribution in [0.15, 0.2) is 279 Å². The Morgan fingerprint density at radius 3 is 1.49 bits per heavy atom. The summed E-state index contributed by atoms with van der Waals surface area (Å²) in [4.78, 5) is 0. The molecule has 0 aliphatic carbocycles. The first-order valence-corrected chi connectivity index (χ1v) is 25.1. The summed E-state index contributed by atoms with van der Waals surface area (Å²) < 4.78 is 84.1. The molecule has 0 saturated heterocycles. The van der Waals surface area contributed by atoms with Crippen molar-refractivity contribution in [2.24, 2.45) is 0 Å². The maximum atomic E-state index is 9.19. The molecule has 11 aromatic carbocycles. The second-order valence-electron chi connectivity index (χ2n) is 17.3. The Kier molecular flexibility index (Phi) is 7.82. The molecule has 3 heteroatoms. The van der Waals surface area contributed by atoms with Crippen LogP contribution >= 0.6 is 0 Å². The predicted molar refractivity (Wildman–Crippen MR) is 295 cm³/mol. The summed E-state index contributed by atoms with van der Waals surface area (Å²) in [7, 11) is -3.56. The Labute approximate surface area is 415 Å². The molecule has 0 aliphatic heterocycles. The summed E-state index contributed by atoms with van der Waals surface area (Å²) in [6.45, 7) is 0. The number of fused-ring (bicyclic) bond motifs is 6. The van der Waals surface area contributed by atoms with Crippen molar-refractivity contribution in [3.05, 3.63) is 279 Å². The third kappa shape index (κ3) is 6.62. The van der Waals surface area contributed by atoms with Crippen LogP contribution in [0.5, 0.6) is 0 Å². The van der Waals surface area contributed by atoms with Crippen molar-refractivity contribution in [3.63, 3.8) is 0 Å². The topological polar surface area (TPSA) is 9.86 Å². The van der Waals surface area contributed by atoms with Gasteiger partial charge in [0.2, 0.25) is 0 Å². The van der Waals surface area contributed by atoms with Crippen molar-refractivity contribution in [2.45, 2.75) is 0 Å². The van der Waals surface area contributed by atoms with Crippen molar-refractivity contribution in [1.29, 1.82) is 0 Å². The Morgan fingerprint density at radius 2 is 0.812 bits per heavy atom. The van der Waals surface area contributed by atoms with Gasteiger partial charge >= 0.3 is 0 Å². The van der Waals surface area contributed by atoms with E-state index in [1.54, 1.807) is 6.07 Å². The smallest absolute Gasteiger partial charge is 0.179 e. The van der Waals surface area contributed by atoms with Gasteiger partial charge in [0.1, 0.15) is 0 Å². The summed E-state index contributed by atoms with van der Waals surface area (Å²) in [6, 6.07) is 73.6. The number of hydrogen-bond donors (Lipinski definition) is 0. The molecule has 13 rings (SSSR count). The molecular formula is C66H46N2Si. The quantitative estimate of drug-likeness (QED) is 0.101. The van der Waals surface area contributed by atoms with E-state index < -0.39 is 32.2 Å². The van der Waals surface area contributed by atoms with E-state index in [4.69, 9.17) is 8.22 Å². The standard InChI is InChI=1S/C66H46N2Si/c1-6-22-47(23-7-1)50-44-51(48-24-8-2-9-25-48)46-56(45-50)69(53-28-12-4-13-29-53,54-30-14-5-15-31-54)55-42-40-52(41-43-55)67-60-35-18-17-33-59(60)66-63(67)38-21-39-64(66)68-61-36-19-16-32-58(61)65-57(34-20-37-62(65)68)49-26-10-3-11-27-49/h1-46H/i1D,2D,6D,7D,8D,9D,22D,23D,24D. The van der Waals surface area contributed by atoms with Crippen molar-refractivity contribution >= 4 is 72.4 Å². The number of rotatable bonds is 9. The van der Waals surface area contributed by atoms with Gasteiger partial charge in [-0.15, -0.1) is 0 Å². The molecule has 2 aromatic heterocycles. The summed E-state index contributed by atoms with van der Waals surface area (Å²) in [6.07, 6.45) is 0. The summed E-state index contributed by atoms with van der Waals surface area (Å²) in [5, 5.41) is 8.36. The van der Waals surface area contributed by atoms with Crippen molar-refractivity contribution < 1.29 is 12.3 Å². The van der Waals surface area contributed by atoms with Crippen LogP contribution in [0.4, 0.5) is 0 Å². The number of benzene rings is 11. The lowest BCUT2D eigenvalue weighted by Crippen LogP contribution is -2.74. The molecule has 0 radical (unpaired) electrons. The number of aromatic nitrogens is 2. The highest BCUT2D eigenvalue weighted by Crippen LogP contribution is 2.42. The first kappa shape index (κ1) is 32.0. The molecule has 0 bridgehead atoms. The molecule has 69 heavy (non-hydrogen) atoms. The fraction of sp³-hybridized carbons (Fsp3) is 0. The average Bonchev–Trinajstić information content (AvgIpc) is 4.05. The minimum Gasteiger partial charge on any atom is -0.309 e. The molecule has 324 valence electrons. The number of para-hydroxylation sites is 2. The molecule has 2 heterocycles. The zero-order valence-electron chi connectivity index (χ0n) is 46.3. The van der Waals surface area contributed by atoms with E-state index >= 15 is 0 Å². The normalized spacial score (nSPS) is 13.6. The molecule has 0 saturated carbocycles. The van der Waals surface area contributed by atoms with E-state index in [1.165, 1.54) is 22.4 Å². The summed E-state index contributed by atoms with van der Waals surface area (Å²) >= 11 is 0. The van der Waals surface area contributed by atoms with Crippen molar-refractivity contribution in [1.82, 2.24) is 9.13 Å². The highest BCUT2D eigenvalue weighted by molar-refractivity contribution is 7.20. The minimum absolute atomic E-state index is 0.00687. The molecule has 0 fully saturated rings. The van der Waals surface area contributed by atoms with Crippen LogP contribution in [-0.4, -0.2) is 17.2 Å². The van der Waals surface area contributed by atoms with Crippen LogP contribution in [0, 0.1) is 0 Å². The molecule has 0 amide bonds. The molecule has 0 atom stereocenters. The fourth-order valence-electron chi connectivity index (χ4n) is 10.8. The lowest BCUT2D eigenvalue weighted by molar-refractivity contribution is 1.17. The first-order valence-electron chi connectivity index (χ1n) is 27.6. The molecule has 0 aliphatic rings. The average molecular weight is 904 g/mol. The van der Waals surface area contributed by atoms with Gasteiger partial charge in [0.15, 0.2) is 8.07 Å². The van der Waals surface area contributed by atoms with Crippen LogP contribution in [0.25, 0.3) is 88.4 Å². The van der Waals surface area contributed by atoms with Gasteiger partial charge in [-0.3, -0.25) is 0 Å². The van der Waals surface area contributed by atoms with Crippen LogP contribution in [-0.2, 0) is 0 Å². The SMILES string of the molecule is [2H]c1cc(-c2cc(-c3c([2H])c([2H])c([2H])c([2H])c3[2H])cc([Si](c3ccccc3)(c3ccccc3)c3ccc(-n4c5ccccc5c5c(-n6c7ccccc7c7c(-c8ccccc8)cccc76)cccc54)cc3)c2)c([2H])c([2H])c1[2H]. The lowest BCUT2D eigenvalue weighted by Gasteiger charge is -2.35. The van der Waals surface area contributed by atoms with Gasteiger partial charge < -0.3 is 9.13 Å². The lowest BCUT2D eigenvalue weighted by atomic mass is 9.99. The third-order valence-corrected chi connectivity index (χ3v) is 18.4. The Bertz CT molecular complexity index is 4470.